The number of aromatic nitrogens is 4. The Kier molecular flexibility index (Phi) is 4.10. The third-order valence-electron chi connectivity index (χ3n) is 5.07. The van der Waals surface area contributed by atoms with Crippen molar-refractivity contribution in [3.8, 4) is 0 Å². The van der Waals surface area contributed by atoms with Gasteiger partial charge in [0, 0.05) is 25.8 Å². The second-order valence-corrected chi connectivity index (χ2v) is 7.45. The smallest absolute Gasteiger partial charge is 0.332 e. The predicted octanol–water partition coefficient (Wildman–Crippen LogP) is 0.478. The number of benzene rings is 1. The summed E-state index contributed by atoms with van der Waals surface area (Å²) in [5.74, 6) is 0.126. The van der Waals surface area contributed by atoms with Gasteiger partial charge >= 0.3 is 5.69 Å². The van der Waals surface area contributed by atoms with E-state index in [1.807, 2.05) is 29.7 Å². The van der Waals surface area contributed by atoms with E-state index in [9.17, 15) is 14.4 Å². The Balaban J connectivity index is 2.02. The zero-order chi connectivity index (χ0) is 20.2. The fourth-order valence-electron chi connectivity index (χ4n) is 3.81. The number of rotatable bonds is 3. The lowest BCUT2D eigenvalue weighted by molar-refractivity contribution is -0.118. The van der Waals surface area contributed by atoms with Crippen molar-refractivity contribution < 1.29 is 4.79 Å². The van der Waals surface area contributed by atoms with Gasteiger partial charge in [0.1, 0.15) is 6.54 Å². The van der Waals surface area contributed by atoms with E-state index in [-0.39, 0.29) is 5.92 Å². The molecule has 3 heterocycles. The molecule has 1 aliphatic heterocycles. The van der Waals surface area contributed by atoms with Crippen molar-refractivity contribution >= 4 is 28.7 Å². The molecule has 9 nitrogen and oxygen atoms in total. The van der Waals surface area contributed by atoms with Crippen LogP contribution in [0.5, 0.6) is 0 Å². The molecule has 0 radical (unpaired) electrons. The summed E-state index contributed by atoms with van der Waals surface area (Å²) in [7, 11) is 1.54. The van der Waals surface area contributed by atoms with E-state index in [0.717, 1.165) is 22.4 Å². The van der Waals surface area contributed by atoms with Gasteiger partial charge in [0.2, 0.25) is 11.9 Å². The largest absolute Gasteiger partial charge is 0.368 e. The van der Waals surface area contributed by atoms with Crippen LogP contribution in [-0.4, -0.2) is 31.1 Å². The average Bonchev–Trinajstić information content (AvgIpc) is 3.02. The number of primary amides is 1. The highest BCUT2D eigenvalue weighted by atomic mass is 16.2. The van der Waals surface area contributed by atoms with Crippen molar-refractivity contribution in [2.45, 2.75) is 26.9 Å². The molecule has 0 unspecified atom stereocenters. The Morgan fingerprint density at radius 3 is 2.71 bits per heavy atom. The van der Waals surface area contributed by atoms with Gasteiger partial charge in [0.05, 0.1) is 0 Å². The molecule has 0 spiro atoms. The molecule has 9 heteroatoms. The van der Waals surface area contributed by atoms with Crippen molar-refractivity contribution in [2.75, 3.05) is 11.4 Å². The molecule has 1 atom stereocenters. The lowest BCUT2D eigenvalue weighted by Crippen LogP contribution is -2.43. The van der Waals surface area contributed by atoms with Gasteiger partial charge < -0.3 is 15.2 Å². The second-order valence-electron chi connectivity index (χ2n) is 7.45. The Labute approximate surface area is 160 Å². The molecule has 2 N–H and O–H groups in total. The van der Waals surface area contributed by atoms with Crippen LogP contribution in [0.4, 0.5) is 11.6 Å². The predicted molar refractivity (Wildman–Crippen MR) is 106 cm³/mol. The molecule has 28 heavy (non-hydrogen) atoms. The zero-order valence-electron chi connectivity index (χ0n) is 16.0. The van der Waals surface area contributed by atoms with E-state index >= 15 is 0 Å². The number of nitrogens with two attached hydrogens (primary N) is 1. The first-order chi connectivity index (χ1) is 13.3. The highest BCUT2D eigenvalue weighted by Crippen LogP contribution is 2.33. The molecule has 146 valence electrons. The van der Waals surface area contributed by atoms with Gasteiger partial charge in [-0.2, -0.15) is 4.98 Å². The summed E-state index contributed by atoms with van der Waals surface area (Å²) in [5, 5.41) is 0. The number of nitrogens with zero attached hydrogens (tertiary/aromatic N) is 5. The minimum atomic E-state index is -0.744. The van der Waals surface area contributed by atoms with Crippen LogP contribution in [0.25, 0.3) is 11.2 Å². The van der Waals surface area contributed by atoms with Gasteiger partial charge in [0.15, 0.2) is 11.2 Å². The van der Waals surface area contributed by atoms with E-state index in [0.29, 0.717) is 23.7 Å². The van der Waals surface area contributed by atoms with Gasteiger partial charge in [-0.1, -0.05) is 19.1 Å². The van der Waals surface area contributed by atoms with Crippen LogP contribution >= 0.6 is 0 Å². The Bertz CT molecular complexity index is 1220. The first-order valence-corrected chi connectivity index (χ1v) is 9.10. The summed E-state index contributed by atoms with van der Waals surface area (Å²) in [4.78, 5) is 43.7. The Morgan fingerprint density at radius 1 is 1.29 bits per heavy atom. The van der Waals surface area contributed by atoms with Gasteiger partial charge in [0.25, 0.3) is 5.56 Å². The molecule has 4 rings (SSSR count). The topological polar surface area (TPSA) is 108 Å². The number of aryl methyl sites for hydroxylation is 2. The fourth-order valence-corrected chi connectivity index (χ4v) is 3.81. The lowest BCUT2D eigenvalue weighted by Gasteiger charge is -2.33. The number of carbonyl (C=O) groups is 1. The second kappa shape index (κ2) is 6.36. The fraction of sp³-hybridized carbons (Fsp3) is 0.368. The van der Waals surface area contributed by atoms with Gasteiger partial charge in [-0.15, -0.1) is 0 Å². The van der Waals surface area contributed by atoms with Crippen LogP contribution in [0.15, 0.2) is 33.9 Å². The maximum Gasteiger partial charge on any atom is 0.332 e. The average molecular weight is 382 g/mol. The van der Waals surface area contributed by atoms with Crippen molar-refractivity contribution in [1.29, 1.82) is 0 Å². The standard InChI is InChI=1S/C19H22N6O3/c1-11-5-4-6-13(7-11)23-8-12(2)9-24-15-16(21-18(23)24)22(3)19(28)25(17(15)27)10-14(20)26/h4-7,12H,8-10H2,1-3H3,(H2,20,26)/t12-/m0/s1. The number of amides is 1. The minimum Gasteiger partial charge on any atom is -0.368 e. The molecule has 3 aromatic rings. The summed E-state index contributed by atoms with van der Waals surface area (Å²) >= 11 is 0. The molecule has 2 aromatic heterocycles. The molecule has 0 fully saturated rings. The Hall–Kier alpha value is -3.36. The van der Waals surface area contributed by atoms with Crippen molar-refractivity contribution in [3.05, 3.63) is 50.7 Å². The summed E-state index contributed by atoms with van der Waals surface area (Å²) < 4.78 is 4.01. The van der Waals surface area contributed by atoms with Crippen LogP contribution in [0.3, 0.4) is 0 Å². The number of carbonyl (C=O) groups excluding carboxylic acids is 1. The monoisotopic (exact) mass is 382 g/mol. The number of hydrogen-bond acceptors (Lipinski definition) is 5. The maximum absolute atomic E-state index is 13.0. The number of hydrogen-bond donors (Lipinski definition) is 1. The van der Waals surface area contributed by atoms with Gasteiger partial charge in [-0.05, 0) is 30.5 Å². The first-order valence-electron chi connectivity index (χ1n) is 9.10. The van der Waals surface area contributed by atoms with Gasteiger partial charge in [-0.3, -0.25) is 14.2 Å². The van der Waals surface area contributed by atoms with E-state index in [1.54, 1.807) is 7.05 Å². The molecular weight excluding hydrogens is 360 g/mol. The van der Waals surface area contributed by atoms with Crippen LogP contribution in [0.2, 0.25) is 0 Å². The highest BCUT2D eigenvalue weighted by Gasteiger charge is 2.30. The summed E-state index contributed by atoms with van der Waals surface area (Å²) in [6.45, 7) is 5.00. The van der Waals surface area contributed by atoms with Gasteiger partial charge in [-0.25, -0.2) is 9.36 Å². The maximum atomic E-state index is 13.0. The number of anilines is 2. The molecular formula is C19H22N6O3. The van der Waals surface area contributed by atoms with Crippen LogP contribution in [0, 0.1) is 12.8 Å². The van der Waals surface area contributed by atoms with E-state index < -0.39 is 23.7 Å². The molecule has 1 aliphatic rings. The number of fused-ring (bicyclic) bond motifs is 3. The SMILES string of the molecule is Cc1cccc(N2C[C@H](C)Cn3c2nc2c3c(=O)n(CC(N)=O)c(=O)n2C)c1. The highest BCUT2D eigenvalue weighted by molar-refractivity contribution is 5.78. The molecule has 0 bridgehead atoms. The summed E-state index contributed by atoms with van der Waals surface area (Å²) in [6, 6.07) is 8.06. The molecule has 0 saturated heterocycles. The zero-order valence-corrected chi connectivity index (χ0v) is 16.0. The summed E-state index contributed by atoms with van der Waals surface area (Å²) in [6.07, 6.45) is 0. The van der Waals surface area contributed by atoms with E-state index in [1.165, 1.54) is 4.57 Å². The third kappa shape index (κ3) is 2.70. The quantitative estimate of drug-likeness (QED) is 0.709. The number of imidazole rings is 1. The van der Waals surface area contributed by atoms with E-state index in [4.69, 9.17) is 5.73 Å². The lowest BCUT2D eigenvalue weighted by atomic mass is 10.1. The van der Waals surface area contributed by atoms with Crippen LogP contribution in [-0.2, 0) is 24.9 Å². The molecule has 0 aliphatic carbocycles. The summed E-state index contributed by atoms with van der Waals surface area (Å²) in [5.41, 5.74) is 6.78. The van der Waals surface area contributed by atoms with Crippen molar-refractivity contribution in [3.63, 3.8) is 0 Å². The van der Waals surface area contributed by atoms with Crippen molar-refractivity contribution in [2.24, 2.45) is 18.7 Å². The van der Waals surface area contributed by atoms with Crippen LogP contribution in [0.1, 0.15) is 12.5 Å². The minimum absolute atomic E-state index is 0.256. The van der Waals surface area contributed by atoms with E-state index in [2.05, 4.69) is 22.9 Å². The molecule has 0 saturated carbocycles. The first kappa shape index (κ1) is 18.0. The van der Waals surface area contributed by atoms with Crippen molar-refractivity contribution in [1.82, 2.24) is 18.7 Å². The third-order valence-corrected chi connectivity index (χ3v) is 5.07. The molecule has 1 aromatic carbocycles. The van der Waals surface area contributed by atoms with Crippen LogP contribution < -0.4 is 21.9 Å². The Morgan fingerprint density at radius 2 is 2.04 bits per heavy atom. The normalized spacial score (nSPS) is 16.4. The molecule has 1 amide bonds.